The smallest absolute Gasteiger partial charge is 0.346 e. The average molecular weight is 392 g/mol. The van der Waals surface area contributed by atoms with Crippen LogP contribution in [0.25, 0.3) is 53.9 Å². The third-order valence-corrected chi connectivity index (χ3v) is 6.12. The second-order valence-corrected chi connectivity index (χ2v) is 7.53. The molecule has 0 radical (unpaired) electrons. The molecule has 0 atom stereocenters. The summed E-state index contributed by atoms with van der Waals surface area (Å²) in [5.41, 5.74) is -0.723. The summed E-state index contributed by atoms with van der Waals surface area (Å²) in [7, 11) is 0. The number of esters is 2. The van der Waals surface area contributed by atoms with Crippen LogP contribution in [0.15, 0.2) is 62.5 Å². The Kier molecular flexibility index (Phi) is 2.50. The number of ether oxygens (including phenoxy) is 1. The van der Waals surface area contributed by atoms with E-state index < -0.39 is 23.2 Å². The normalized spacial score (nSPS) is 14.0. The van der Waals surface area contributed by atoms with Gasteiger partial charge in [-0.15, -0.1) is 0 Å². The SMILES string of the molecule is O=C1OC(=O)c2ccc3c4cc5cc6c(ccc(c7ccc1c2c73)c64)c(=O)oc5=O. The molecule has 1 aromatic heterocycles. The minimum Gasteiger partial charge on any atom is -0.386 e. The van der Waals surface area contributed by atoms with E-state index in [0.717, 1.165) is 32.3 Å². The second kappa shape index (κ2) is 4.80. The number of hydrogen-bond acceptors (Lipinski definition) is 6. The molecule has 0 amide bonds. The lowest BCUT2D eigenvalue weighted by Crippen LogP contribution is -2.19. The van der Waals surface area contributed by atoms with E-state index in [-0.39, 0.29) is 5.39 Å². The molecule has 0 aliphatic carbocycles. The van der Waals surface area contributed by atoms with E-state index in [9.17, 15) is 19.2 Å². The van der Waals surface area contributed by atoms with Gasteiger partial charge in [-0.1, -0.05) is 18.2 Å². The van der Waals surface area contributed by atoms with Gasteiger partial charge in [0.05, 0.1) is 21.9 Å². The summed E-state index contributed by atoms with van der Waals surface area (Å²) in [5, 5.41) is 6.65. The molecule has 0 unspecified atom stereocenters. The van der Waals surface area contributed by atoms with Gasteiger partial charge in [-0.25, -0.2) is 19.2 Å². The molecule has 0 spiro atoms. The molecule has 0 fully saturated rings. The van der Waals surface area contributed by atoms with Gasteiger partial charge in [-0.3, -0.25) is 0 Å². The van der Waals surface area contributed by atoms with Crippen molar-refractivity contribution in [2.45, 2.75) is 0 Å². The molecule has 6 heteroatoms. The predicted octanol–water partition coefficient (Wildman–Crippen LogP) is 3.95. The van der Waals surface area contributed by atoms with Crippen molar-refractivity contribution in [3.8, 4) is 0 Å². The summed E-state index contributed by atoms with van der Waals surface area (Å²) in [4.78, 5) is 49.5. The number of benzene rings is 5. The van der Waals surface area contributed by atoms with Crippen molar-refractivity contribution in [1.29, 1.82) is 0 Å². The molecular weight excluding hydrogens is 384 g/mol. The first-order chi connectivity index (χ1) is 14.5. The molecule has 140 valence electrons. The van der Waals surface area contributed by atoms with Crippen LogP contribution in [0.1, 0.15) is 20.7 Å². The molecule has 30 heavy (non-hydrogen) atoms. The maximum absolute atomic E-state index is 12.4. The highest BCUT2D eigenvalue weighted by molar-refractivity contribution is 6.38. The molecule has 1 aliphatic heterocycles. The molecule has 2 heterocycles. The Morgan fingerprint density at radius 1 is 0.500 bits per heavy atom. The van der Waals surface area contributed by atoms with Crippen LogP contribution in [0.2, 0.25) is 0 Å². The van der Waals surface area contributed by atoms with Gasteiger partial charge in [-0.05, 0) is 68.0 Å². The zero-order valence-electron chi connectivity index (χ0n) is 15.1. The summed E-state index contributed by atoms with van der Waals surface area (Å²) in [6, 6.07) is 13.8. The lowest BCUT2D eigenvalue weighted by atomic mass is 9.85. The Labute approximate surface area is 165 Å². The quantitative estimate of drug-likeness (QED) is 0.168. The van der Waals surface area contributed by atoms with E-state index in [1.165, 1.54) is 0 Å². The summed E-state index contributed by atoms with van der Waals surface area (Å²) < 4.78 is 9.85. The van der Waals surface area contributed by atoms with Gasteiger partial charge >= 0.3 is 23.2 Å². The van der Waals surface area contributed by atoms with E-state index in [0.29, 0.717) is 27.3 Å². The van der Waals surface area contributed by atoms with Crippen LogP contribution < -0.4 is 11.3 Å². The van der Waals surface area contributed by atoms with Crippen LogP contribution in [-0.2, 0) is 4.74 Å². The van der Waals surface area contributed by atoms with Gasteiger partial charge in [0.25, 0.3) is 0 Å². The second-order valence-electron chi connectivity index (χ2n) is 7.53. The molecule has 0 saturated heterocycles. The van der Waals surface area contributed by atoms with Crippen LogP contribution in [-0.4, -0.2) is 11.9 Å². The van der Waals surface area contributed by atoms with Crippen LogP contribution in [0, 0.1) is 0 Å². The summed E-state index contributed by atoms with van der Waals surface area (Å²) in [6.45, 7) is 0. The minimum absolute atomic E-state index is 0.279. The predicted molar refractivity (Wildman–Crippen MR) is 111 cm³/mol. The van der Waals surface area contributed by atoms with Gasteiger partial charge in [0, 0.05) is 5.39 Å². The minimum atomic E-state index is -0.705. The molecule has 5 aromatic carbocycles. The van der Waals surface area contributed by atoms with E-state index >= 15 is 0 Å². The number of carbonyl (C=O) groups is 2. The molecule has 7 rings (SSSR count). The summed E-state index contributed by atoms with van der Waals surface area (Å²) in [5.74, 6) is -1.35. The zero-order valence-corrected chi connectivity index (χ0v) is 15.1. The zero-order chi connectivity index (χ0) is 20.3. The summed E-state index contributed by atoms with van der Waals surface area (Å²) >= 11 is 0. The largest absolute Gasteiger partial charge is 0.386 e. The maximum Gasteiger partial charge on any atom is 0.346 e. The van der Waals surface area contributed by atoms with Gasteiger partial charge in [-0.2, -0.15) is 0 Å². The Morgan fingerprint density at radius 3 is 1.73 bits per heavy atom. The molecule has 0 saturated carbocycles. The lowest BCUT2D eigenvalue weighted by Gasteiger charge is -2.20. The lowest BCUT2D eigenvalue weighted by molar-refractivity contribution is 0.0391. The molecule has 6 nitrogen and oxygen atoms in total. The van der Waals surface area contributed by atoms with Gasteiger partial charge < -0.3 is 9.15 Å². The number of hydrogen-bond donors (Lipinski definition) is 0. The van der Waals surface area contributed by atoms with Gasteiger partial charge in [0.2, 0.25) is 0 Å². The third-order valence-electron chi connectivity index (χ3n) is 6.12. The number of carbonyl (C=O) groups excluding carboxylic acids is 2. The van der Waals surface area contributed by atoms with Crippen LogP contribution in [0.5, 0.6) is 0 Å². The fourth-order valence-corrected chi connectivity index (χ4v) is 4.89. The van der Waals surface area contributed by atoms with Crippen molar-refractivity contribution in [2.24, 2.45) is 0 Å². The Hall–Kier alpha value is -4.32. The molecule has 2 bridgehead atoms. The topological polar surface area (TPSA) is 90.7 Å². The first-order valence-electron chi connectivity index (χ1n) is 9.27. The third kappa shape index (κ3) is 1.62. The molecular formula is C24H8O6. The first-order valence-corrected chi connectivity index (χ1v) is 9.27. The van der Waals surface area contributed by atoms with E-state index in [1.54, 1.807) is 36.4 Å². The standard InChI is InChI=1S/C24H8O6/c25-21-9-7-16-12-3-6-15-20-14(23(27)30-24(15)28)5-2-11(19(12)20)10-1-4-13(22(26)29-21)17(8-9)18(10)16/h1-8H. The molecule has 1 aliphatic rings. The van der Waals surface area contributed by atoms with Crippen molar-refractivity contribution in [2.75, 3.05) is 0 Å². The summed E-state index contributed by atoms with van der Waals surface area (Å²) in [6.07, 6.45) is 0. The van der Waals surface area contributed by atoms with Gasteiger partial charge in [0.15, 0.2) is 0 Å². The van der Waals surface area contributed by atoms with Crippen molar-refractivity contribution in [3.63, 3.8) is 0 Å². The van der Waals surface area contributed by atoms with Gasteiger partial charge in [0.1, 0.15) is 0 Å². The molecule has 6 aromatic rings. The number of fused-ring (bicyclic) bond motifs is 3. The Morgan fingerprint density at radius 2 is 1.03 bits per heavy atom. The highest BCUT2D eigenvalue weighted by Crippen LogP contribution is 2.44. The van der Waals surface area contributed by atoms with E-state index in [4.69, 9.17) is 9.15 Å². The van der Waals surface area contributed by atoms with E-state index in [2.05, 4.69) is 0 Å². The van der Waals surface area contributed by atoms with Crippen molar-refractivity contribution in [3.05, 3.63) is 80.5 Å². The fraction of sp³-hybridized carbons (Fsp3) is 0. The highest BCUT2D eigenvalue weighted by Gasteiger charge is 2.29. The van der Waals surface area contributed by atoms with Crippen molar-refractivity contribution in [1.82, 2.24) is 0 Å². The average Bonchev–Trinajstić information content (AvgIpc) is 2.84. The monoisotopic (exact) mass is 392 g/mol. The van der Waals surface area contributed by atoms with Crippen molar-refractivity contribution < 1.29 is 18.7 Å². The van der Waals surface area contributed by atoms with E-state index in [1.807, 2.05) is 12.1 Å². The molecule has 0 N–H and O–H groups in total. The first kappa shape index (κ1) is 15.6. The number of rotatable bonds is 0. The number of cyclic esters (lactones) is 2. The highest BCUT2D eigenvalue weighted by atomic mass is 16.6. The van der Waals surface area contributed by atoms with Crippen LogP contribution in [0.4, 0.5) is 0 Å². The van der Waals surface area contributed by atoms with Crippen LogP contribution in [0.3, 0.4) is 0 Å². The Bertz CT molecular complexity index is 1870. The van der Waals surface area contributed by atoms with Crippen LogP contribution >= 0.6 is 0 Å². The van der Waals surface area contributed by atoms with Crippen molar-refractivity contribution >= 4 is 65.8 Å². The Balaban J connectivity index is 1.91. The fourth-order valence-electron chi connectivity index (χ4n) is 4.89. The maximum atomic E-state index is 12.4.